The lowest BCUT2D eigenvalue weighted by molar-refractivity contribution is -0.116. The molecule has 78 valence electrons. The maximum Gasteiger partial charge on any atom is 0.244 e. The molecule has 1 aromatic carbocycles. The minimum absolute atomic E-state index is 0.120. The van der Waals surface area contributed by atoms with Crippen molar-refractivity contribution in [2.45, 2.75) is 0 Å². The van der Waals surface area contributed by atoms with E-state index in [0.29, 0.717) is 6.54 Å². The first-order valence-corrected chi connectivity index (χ1v) is 5.34. The fraction of sp³-hybridized carbons (Fsp3) is 0.0833. The highest BCUT2D eigenvalue weighted by molar-refractivity contribution is 9.10. The normalized spacial score (nSPS) is 10.2. The van der Waals surface area contributed by atoms with Gasteiger partial charge in [-0.15, -0.1) is 6.58 Å². The number of halogens is 1. The number of amides is 1. The molecule has 0 aliphatic rings. The third-order valence-electron chi connectivity index (χ3n) is 1.74. The van der Waals surface area contributed by atoms with Crippen LogP contribution in [-0.2, 0) is 4.79 Å². The highest BCUT2D eigenvalue weighted by Gasteiger charge is 1.95. The van der Waals surface area contributed by atoms with Crippen LogP contribution in [0.5, 0.6) is 0 Å². The molecule has 0 fully saturated rings. The maximum absolute atomic E-state index is 11.2. The van der Waals surface area contributed by atoms with Gasteiger partial charge in [-0.2, -0.15) is 0 Å². The van der Waals surface area contributed by atoms with E-state index in [9.17, 15) is 4.79 Å². The maximum atomic E-state index is 11.2. The number of nitrogens with one attached hydrogen (secondary N) is 1. The van der Waals surface area contributed by atoms with Crippen molar-refractivity contribution in [3.05, 3.63) is 53.0 Å². The van der Waals surface area contributed by atoms with Gasteiger partial charge in [0.05, 0.1) is 0 Å². The first-order chi connectivity index (χ1) is 7.24. The Bertz CT molecular complexity index is 385. The standard InChI is InChI=1S/C12H12BrNO/c1-2-9-14-12(15)8-7-10-5-3-4-6-11(10)13/h2-8H,1,9H2,(H,14,15). The van der Waals surface area contributed by atoms with Gasteiger partial charge in [0.25, 0.3) is 0 Å². The number of carbonyl (C=O) groups excluding carboxylic acids is 1. The van der Waals surface area contributed by atoms with Crippen molar-refractivity contribution in [1.82, 2.24) is 5.32 Å². The van der Waals surface area contributed by atoms with Crippen molar-refractivity contribution in [2.75, 3.05) is 6.54 Å². The van der Waals surface area contributed by atoms with Gasteiger partial charge in [0, 0.05) is 17.1 Å². The third kappa shape index (κ3) is 4.13. The molecule has 0 spiro atoms. The number of hydrogen-bond donors (Lipinski definition) is 1. The molecule has 2 nitrogen and oxygen atoms in total. The molecular weight excluding hydrogens is 254 g/mol. The zero-order chi connectivity index (χ0) is 11.1. The van der Waals surface area contributed by atoms with Gasteiger partial charge in [-0.3, -0.25) is 4.79 Å². The molecule has 0 saturated heterocycles. The van der Waals surface area contributed by atoms with E-state index in [2.05, 4.69) is 27.8 Å². The first kappa shape index (κ1) is 11.7. The molecule has 0 aliphatic heterocycles. The average Bonchev–Trinajstić information content (AvgIpc) is 2.25. The summed E-state index contributed by atoms with van der Waals surface area (Å²) in [7, 11) is 0. The van der Waals surface area contributed by atoms with E-state index < -0.39 is 0 Å². The van der Waals surface area contributed by atoms with Crippen molar-refractivity contribution in [3.63, 3.8) is 0 Å². The second-order valence-electron chi connectivity index (χ2n) is 2.89. The van der Waals surface area contributed by atoms with Gasteiger partial charge in [-0.25, -0.2) is 0 Å². The van der Waals surface area contributed by atoms with Gasteiger partial charge in [0.2, 0.25) is 5.91 Å². The molecule has 0 atom stereocenters. The summed E-state index contributed by atoms with van der Waals surface area (Å²) in [5.74, 6) is -0.120. The molecular formula is C12H12BrNO. The summed E-state index contributed by atoms with van der Waals surface area (Å²) in [6, 6.07) is 7.72. The molecule has 1 N–H and O–H groups in total. The van der Waals surface area contributed by atoms with Crippen LogP contribution < -0.4 is 5.32 Å². The van der Waals surface area contributed by atoms with Crippen molar-refractivity contribution >= 4 is 27.9 Å². The fourth-order valence-electron chi connectivity index (χ4n) is 1.01. The lowest BCUT2D eigenvalue weighted by atomic mass is 10.2. The van der Waals surface area contributed by atoms with Crippen LogP contribution in [0.3, 0.4) is 0 Å². The van der Waals surface area contributed by atoms with E-state index >= 15 is 0 Å². The summed E-state index contributed by atoms with van der Waals surface area (Å²) in [5.41, 5.74) is 0.978. The topological polar surface area (TPSA) is 29.1 Å². The summed E-state index contributed by atoms with van der Waals surface area (Å²) in [6.07, 6.45) is 4.91. The Morgan fingerprint density at radius 1 is 1.47 bits per heavy atom. The van der Waals surface area contributed by atoms with E-state index in [-0.39, 0.29) is 5.91 Å². The Kier molecular flexibility index (Phi) is 4.84. The Morgan fingerprint density at radius 2 is 2.20 bits per heavy atom. The fourth-order valence-corrected chi connectivity index (χ4v) is 1.42. The summed E-state index contributed by atoms with van der Waals surface area (Å²) >= 11 is 3.40. The summed E-state index contributed by atoms with van der Waals surface area (Å²) in [4.78, 5) is 11.2. The minimum atomic E-state index is -0.120. The zero-order valence-corrected chi connectivity index (χ0v) is 9.83. The number of hydrogen-bond acceptors (Lipinski definition) is 1. The summed E-state index contributed by atoms with van der Waals surface area (Å²) in [5, 5.41) is 2.66. The molecule has 0 bridgehead atoms. The third-order valence-corrected chi connectivity index (χ3v) is 2.46. The molecule has 3 heteroatoms. The van der Waals surface area contributed by atoms with Crippen molar-refractivity contribution in [1.29, 1.82) is 0 Å². The van der Waals surface area contributed by atoms with Gasteiger partial charge in [0.1, 0.15) is 0 Å². The Hall–Kier alpha value is -1.35. The summed E-state index contributed by atoms with van der Waals surface area (Å²) in [6.45, 7) is 4.00. The highest BCUT2D eigenvalue weighted by atomic mass is 79.9. The van der Waals surface area contributed by atoms with Crippen LogP contribution in [0.1, 0.15) is 5.56 Å². The van der Waals surface area contributed by atoms with Crippen molar-refractivity contribution in [2.24, 2.45) is 0 Å². The second kappa shape index (κ2) is 6.19. The Morgan fingerprint density at radius 3 is 2.87 bits per heavy atom. The number of benzene rings is 1. The molecule has 1 amide bonds. The predicted octanol–water partition coefficient (Wildman–Crippen LogP) is 2.76. The molecule has 15 heavy (non-hydrogen) atoms. The Balaban J connectivity index is 2.61. The van der Waals surface area contributed by atoms with E-state index in [1.165, 1.54) is 6.08 Å². The SMILES string of the molecule is C=CCNC(=O)C=Cc1ccccc1Br. The zero-order valence-electron chi connectivity index (χ0n) is 8.24. The van der Waals surface area contributed by atoms with E-state index in [1.807, 2.05) is 24.3 Å². The van der Waals surface area contributed by atoms with Gasteiger partial charge in [-0.05, 0) is 17.7 Å². The Labute approximate surface area is 97.8 Å². The molecule has 0 saturated carbocycles. The number of rotatable bonds is 4. The van der Waals surface area contributed by atoms with E-state index in [1.54, 1.807) is 12.2 Å². The van der Waals surface area contributed by atoms with Crippen LogP contribution in [0.15, 0.2) is 47.5 Å². The van der Waals surface area contributed by atoms with Gasteiger partial charge < -0.3 is 5.32 Å². The van der Waals surface area contributed by atoms with Crippen LogP contribution in [0.25, 0.3) is 6.08 Å². The molecule has 1 rings (SSSR count). The monoisotopic (exact) mass is 265 g/mol. The van der Waals surface area contributed by atoms with Gasteiger partial charge >= 0.3 is 0 Å². The summed E-state index contributed by atoms with van der Waals surface area (Å²) < 4.78 is 0.970. The minimum Gasteiger partial charge on any atom is -0.349 e. The predicted molar refractivity (Wildman–Crippen MR) is 66.4 cm³/mol. The van der Waals surface area contributed by atoms with Crippen molar-refractivity contribution in [3.8, 4) is 0 Å². The largest absolute Gasteiger partial charge is 0.349 e. The van der Waals surface area contributed by atoms with E-state index in [0.717, 1.165) is 10.0 Å². The van der Waals surface area contributed by atoms with E-state index in [4.69, 9.17) is 0 Å². The van der Waals surface area contributed by atoms with Crippen molar-refractivity contribution < 1.29 is 4.79 Å². The number of carbonyl (C=O) groups is 1. The molecule has 0 heterocycles. The molecule has 0 unspecified atom stereocenters. The second-order valence-corrected chi connectivity index (χ2v) is 3.74. The van der Waals surface area contributed by atoms with Crippen LogP contribution >= 0.6 is 15.9 Å². The molecule has 0 aromatic heterocycles. The van der Waals surface area contributed by atoms with Crippen LogP contribution in [-0.4, -0.2) is 12.5 Å². The highest BCUT2D eigenvalue weighted by Crippen LogP contribution is 2.16. The van der Waals surface area contributed by atoms with Crippen LogP contribution in [0.2, 0.25) is 0 Å². The molecule has 1 aromatic rings. The quantitative estimate of drug-likeness (QED) is 0.659. The van der Waals surface area contributed by atoms with Gasteiger partial charge in [0.15, 0.2) is 0 Å². The van der Waals surface area contributed by atoms with Gasteiger partial charge in [-0.1, -0.05) is 40.2 Å². The lowest BCUT2D eigenvalue weighted by Crippen LogP contribution is -2.20. The lowest BCUT2D eigenvalue weighted by Gasteiger charge is -1.98. The first-order valence-electron chi connectivity index (χ1n) is 4.55. The smallest absolute Gasteiger partial charge is 0.244 e. The van der Waals surface area contributed by atoms with Crippen LogP contribution in [0, 0.1) is 0 Å². The molecule has 0 radical (unpaired) electrons. The average molecular weight is 266 g/mol. The molecule has 0 aliphatic carbocycles. The van der Waals surface area contributed by atoms with Crippen LogP contribution in [0.4, 0.5) is 0 Å².